The summed E-state index contributed by atoms with van der Waals surface area (Å²) in [4.78, 5) is 19.6. The number of amides is 1. The molecule has 1 saturated carbocycles. The monoisotopic (exact) mass is 465 g/mol. The SMILES string of the molecule is O=C(NC1CC1)[C@@H]1CCCN1c1cc(-c2ccccc2OC(F)F)cc(-c2ccccc2O)n1. The number of phenolic OH excluding ortho intramolecular Hbond substituents is 1. The lowest BCUT2D eigenvalue weighted by Gasteiger charge is -2.26. The van der Waals surface area contributed by atoms with Crippen LogP contribution in [-0.2, 0) is 4.79 Å². The van der Waals surface area contributed by atoms with E-state index in [1.165, 1.54) is 6.07 Å². The molecule has 2 aliphatic rings. The van der Waals surface area contributed by atoms with Crippen molar-refractivity contribution in [1.82, 2.24) is 10.3 Å². The van der Waals surface area contributed by atoms with E-state index in [1.54, 1.807) is 54.6 Å². The third kappa shape index (κ3) is 4.66. The average Bonchev–Trinajstić information content (AvgIpc) is 3.50. The maximum absolute atomic E-state index is 13.1. The van der Waals surface area contributed by atoms with Crippen molar-refractivity contribution in [3.63, 3.8) is 0 Å². The highest BCUT2D eigenvalue weighted by molar-refractivity contribution is 5.87. The fourth-order valence-electron chi connectivity index (χ4n) is 4.39. The molecule has 1 aliphatic heterocycles. The summed E-state index contributed by atoms with van der Waals surface area (Å²) in [6, 6.07) is 16.8. The van der Waals surface area contributed by atoms with E-state index in [1.807, 2.05) is 4.90 Å². The number of hydrogen-bond donors (Lipinski definition) is 2. The van der Waals surface area contributed by atoms with Crippen molar-refractivity contribution in [3.8, 4) is 33.9 Å². The Bertz CT molecular complexity index is 1200. The van der Waals surface area contributed by atoms with Crippen molar-refractivity contribution >= 4 is 11.7 Å². The standard InChI is InChI=1S/C26H25F2N3O3/c27-26(28)34-23-10-4-2-6-18(23)16-14-20(19-7-1-3-9-22(19)32)30-24(15-16)31-13-5-8-21(31)25(33)29-17-11-12-17/h1-4,6-7,9-10,14-15,17,21,26,32H,5,8,11-13H2,(H,29,33)/t21-/m0/s1. The van der Waals surface area contributed by atoms with Crippen LogP contribution in [0.4, 0.5) is 14.6 Å². The van der Waals surface area contributed by atoms with Crippen molar-refractivity contribution in [2.75, 3.05) is 11.4 Å². The molecule has 0 bridgehead atoms. The molecule has 1 aliphatic carbocycles. The fraction of sp³-hybridized carbons (Fsp3) is 0.308. The van der Waals surface area contributed by atoms with Crippen molar-refractivity contribution in [1.29, 1.82) is 0 Å². The van der Waals surface area contributed by atoms with Gasteiger partial charge >= 0.3 is 6.61 Å². The molecule has 176 valence electrons. The first-order valence-electron chi connectivity index (χ1n) is 11.4. The number of nitrogens with zero attached hydrogens (tertiary/aromatic N) is 2. The Balaban J connectivity index is 1.60. The average molecular weight is 466 g/mol. The minimum atomic E-state index is -2.96. The van der Waals surface area contributed by atoms with Crippen LogP contribution in [0, 0.1) is 0 Å². The molecule has 5 rings (SSSR count). The van der Waals surface area contributed by atoms with Crippen LogP contribution in [0.25, 0.3) is 22.4 Å². The van der Waals surface area contributed by atoms with Gasteiger partial charge in [-0.3, -0.25) is 4.79 Å². The molecule has 34 heavy (non-hydrogen) atoms. The summed E-state index contributed by atoms with van der Waals surface area (Å²) >= 11 is 0. The lowest BCUT2D eigenvalue weighted by molar-refractivity contribution is -0.122. The number of anilines is 1. The molecule has 3 aromatic rings. The van der Waals surface area contributed by atoms with Gasteiger partial charge in [-0.25, -0.2) is 4.98 Å². The summed E-state index contributed by atoms with van der Waals surface area (Å²) in [5.41, 5.74) is 2.07. The number of nitrogens with one attached hydrogen (secondary N) is 1. The van der Waals surface area contributed by atoms with Gasteiger partial charge in [-0.2, -0.15) is 8.78 Å². The number of aromatic hydroxyl groups is 1. The summed E-state index contributed by atoms with van der Waals surface area (Å²) in [5.74, 6) is 0.635. The van der Waals surface area contributed by atoms with Crippen LogP contribution in [0.15, 0.2) is 60.7 Å². The predicted molar refractivity (Wildman–Crippen MR) is 125 cm³/mol. The third-order valence-electron chi connectivity index (χ3n) is 6.18. The number of alkyl halides is 2. The predicted octanol–water partition coefficient (Wildman–Crippen LogP) is 4.97. The maximum atomic E-state index is 13.1. The number of halogens is 2. The van der Waals surface area contributed by atoms with Crippen LogP contribution in [0.1, 0.15) is 25.7 Å². The molecule has 0 unspecified atom stereocenters. The van der Waals surface area contributed by atoms with Crippen LogP contribution in [0.5, 0.6) is 11.5 Å². The normalized spacial score (nSPS) is 17.7. The second-order valence-electron chi connectivity index (χ2n) is 8.63. The summed E-state index contributed by atoms with van der Waals surface area (Å²) in [5, 5.41) is 13.5. The number of hydrogen-bond acceptors (Lipinski definition) is 5. The zero-order chi connectivity index (χ0) is 23.7. The van der Waals surface area contributed by atoms with Crippen molar-refractivity contribution in [3.05, 3.63) is 60.7 Å². The maximum Gasteiger partial charge on any atom is 0.387 e. The van der Waals surface area contributed by atoms with E-state index >= 15 is 0 Å². The first kappa shape index (κ1) is 22.1. The largest absolute Gasteiger partial charge is 0.507 e. The fourth-order valence-corrected chi connectivity index (χ4v) is 4.39. The second-order valence-corrected chi connectivity index (χ2v) is 8.63. The molecule has 1 saturated heterocycles. The smallest absolute Gasteiger partial charge is 0.387 e. The summed E-state index contributed by atoms with van der Waals surface area (Å²) in [7, 11) is 0. The van der Waals surface area contributed by atoms with Crippen LogP contribution < -0.4 is 15.0 Å². The van der Waals surface area contributed by atoms with Gasteiger partial charge in [-0.1, -0.05) is 30.3 Å². The van der Waals surface area contributed by atoms with Gasteiger partial charge in [0.1, 0.15) is 23.4 Å². The van der Waals surface area contributed by atoms with E-state index < -0.39 is 6.61 Å². The second kappa shape index (κ2) is 9.29. The number of phenols is 1. The van der Waals surface area contributed by atoms with Crippen LogP contribution >= 0.6 is 0 Å². The molecule has 2 fully saturated rings. The first-order chi connectivity index (χ1) is 16.5. The van der Waals surface area contributed by atoms with Gasteiger partial charge in [-0.15, -0.1) is 0 Å². The molecule has 0 radical (unpaired) electrons. The molecule has 8 heteroatoms. The first-order valence-corrected chi connectivity index (χ1v) is 11.4. The lowest BCUT2D eigenvalue weighted by Crippen LogP contribution is -2.44. The number of para-hydroxylation sites is 2. The summed E-state index contributed by atoms with van der Waals surface area (Å²) < 4.78 is 30.9. The number of pyridine rings is 1. The zero-order valence-electron chi connectivity index (χ0n) is 18.5. The molecular weight excluding hydrogens is 440 g/mol. The number of carbonyl (C=O) groups is 1. The van der Waals surface area contributed by atoms with Gasteiger partial charge < -0.3 is 20.1 Å². The van der Waals surface area contributed by atoms with E-state index in [4.69, 9.17) is 9.72 Å². The summed E-state index contributed by atoms with van der Waals surface area (Å²) in [6.45, 7) is -2.32. The molecule has 2 aromatic carbocycles. The summed E-state index contributed by atoms with van der Waals surface area (Å²) in [6.07, 6.45) is 3.56. The van der Waals surface area contributed by atoms with Crippen molar-refractivity contribution < 1.29 is 23.4 Å². The molecule has 6 nitrogen and oxygen atoms in total. The molecule has 2 heterocycles. The minimum absolute atomic E-state index is 0.0160. The number of carbonyl (C=O) groups excluding carboxylic acids is 1. The molecule has 0 spiro atoms. The van der Waals surface area contributed by atoms with E-state index in [9.17, 15) is 18.7 Å². The lowest BCUT2D eigenvalue weighted by atomic mass is 10.0. The molecule has 1 atom stereocenters. The van der Waals surface area contributed by atoms with Crippen LogP contribution in [0.2, 0.25) is 0 Å². The van der Waals surface area contributed by atoms with Gasteiger partial charge in [0.25, 0.3) is 0 Å². The number of benzene rings is 2. The number of rotatable bonds is 7. The number of ether oxygens (including phenoxy) is 1. The third-order valence-corrected chi connectivity index (χ3v) is 6.18. The van der Waals surface area contributed by atoms with Gasteiger partial charge in [0.2, 0.25) is 5.91 Å². The van der Waals surface area contributed by atoms with Gasteiger partial charge in [-0.05, 0) is 61.6 Å². The zero-order valence-corrected chi connectivity index (χ0v) is 18.5. The Hall–Kier alpha value is -3.68. The highest BCUT2D eigenvalue weighted by atomic mass is 19.3. The van der Waals surface area contributed by atoms with E-state index in [0.717, 1.165) is 19.3 Å². The number of aromatic nitrogens is 1. The van der Waals surface area contributed by atoms with E-state index in [2.05, 4.69) is 5.32 Å². The highest BCUT2D eigenvalue weighted by Crippen LogP contribution is 2.38. The van der Waals surface area contributed by atoms with E-state index in [-0.39, 0.29) is 29.5 Å². The Kier molecular flexibility index (Phi) is 6.04. The molecule has 1 aromatic heterocycles. The highest BCUT2D eigenvalue weighted by Gasteiger charge is 2.35. The van der Waals surface area contributed by atoms with Gasteiger partial charge in [0.15, 0.2) is 0 Å². The Morgan fingerprint density at radius 1 is 1.06 bits per heavy atom. The quantitative estimate of drug-likeness (QED) is 0.515. The Morgan fingerprint density at radius 3 is 2.53 bits per heavy atom. The van der Waals surface area contributed by atoms with Crippen LogP contribution in [-0.4, -0.2) is 41.2 Å². The van der Waals surface area contributed by atoms with Crippen molar-refractivity contribution in [2.45, 2.75) is 44.4 Å². The van der Waals surface area contributed by atoms with Crippen molar-refractivity contribution in [2.24, 2.45) is 0 Å². The topological polar surface area (TPSA) is 74.7 Å². The molecule has 1 amide bonds. The van der Waals surface area contributed by atoms with E-state index in [0.29, 0.717) is 41.2 Å². The minimum Gasteiger partial charge on any atom is -0.507 e. The Morgan fingerprint density at radius 2 is 1.79 bits per heavy atom. The molecular formula is C26H25F2N3O3. The molecule has 2 N–H and O–H groups in total. The van der Waals surface area contributed by atoms with Gasteiger partial charge in [0, 0.05) is 23.7 Å². The van der Waals surface area contributed by atoms with Crippen LogP contribution in [0.3, 0.4) is 0 Å². The Labute approximate surface area is 196 Å². The van der Waals surface area contributed by atoms with Gasteiger partial charge in [0.05, 0.1) is 5.69 Å².